The number of hydrogen-bond acceptors (Lipinski definition) is 5. The van der Waals surface area contributed by atoms with Gasteiger partial charge in [0.1, 0.15) is 0 Å². The number of rotatable bonds is 6. The van der Waals surface area contributed by atoms with Crippen molar-refractivity contribution in [3.63, 3.8) is 0 Å². The summed E-state index contributed by atoms with van der Waals surface area (Å²) in [7, 11) is 1.17. The van der Waals surface area contributed by atoms with Crippen LogP contribution in [0.5, 0.6) is 0 Å². The lowest BCUT2D eigenvalue weighted by atomic mass is 10.0. The molecule has 0 aliphatic rings. The summed E-state index contributed by atoms with van der Waals surface area (Å²) in [5.41, 5.74) is 7.30. The molecule has 0 aromatic heterocycles. The molecule has 0 aliphatic heterocycles. The summed E-state index contributed by atoms with van der Waals surface area (Å²) in [6.45, 7) is 0.185. The molecule has 6 heteroatoms. The minimum atomic E-state index is -1.35. The molecule has 1 aromatic carbocycles. The molecule has 1 unspecified atom stereocenters. The normalized spacial score (nSPS) is 11.7. The van der Waals surface area contributed by atoms with E-state index in [1.807, 2.05) is 24.3 Å². The zero-order valence-corrected chi connectivity index (χ0v) is 10.8. The molecule has 0 aliphatic carbocycles. The van der Waals surface area contributed by atoms with E-state index in [-0.39, 0.29) is 18.9 Å². The van der Waals surface area contributed by atoms with Crippen LogP contribution in [0.2, 0.25) is 0 Å². The van der Waals surface area contributed by atoms with Crippen molar-refractivity contribution in [3.8, 4) is 0 Å². The summed E-state index contributed by atoms with van der Waals surface area (Å²) in [5, 5.41) is 11.8. The molecule has 0 heterocycles. The van der Waals surface area contributed by atoms with E-state index in [4.69, 9.17) is 5.73 Å². The van der Waals surface area contributed by atoms with Crippen molar-refractivity contribution >= 4 is 11.9 Å². The summed E-state index contributed by atoms with van der Waals surface area (Å²) in [6, 6.07) is 7.35. The van der Waals surface area contributed by atoms with Crippen LogP contribution in [0.4, 0.5) is 0 Å². The molecule has 4 N–H and O–H groups in total. The van der Waals surface area contributed by atoms with Gasteiger partial charge in [-0.15, -0.1) is 0 Å². The van der Waals surface area contributed by atoms with Gasteiger partial charge >= 0.3 is 5.97 Å². The Balaban J connectivity index is 2.49. The Morgan fingerprint density at radius 2 is 2.00 bits per heavy atom. The van der Waals surface area contributed by atoms with Crippen molar-refractivity contribution in [2.24, 2.45) is 5.73 Å². The Bertz CT molecular complexity index is 448. The van der Waals surface area contributed by atoms with Gasteiger partial charge in [0.25, 0.3) is 0 Å². The zero-order valence-electron chi connectivity index (χ0n) is 10.8. The second kappa shape index (κ2) is 7.50. The van der Waals surface area contributed by atoms with Gasteiger partial charge in [0, 0.05) is 6.54 Å². The smallest absolute Gasteiger partial charge is 0.336 e. The molecule has 1 aromatic rings. The standard InChI is InChI=1S/C13H18N2O4/c1-19-13(18)11(16)8-15-12(17)6-9-4-2-3-5-10(9)7-14/h2-5,11,16H,6-8,14H2,1H3,(H,15,17). The predicted octanol–water partition coefficient (Wildman–Crippen LogP) is -0.662. The van der Waals surface area contributed by atoms with Gasteiger partial charge in [0.2, 0.25) is 5.91 Å². The van der Waals surface area contributed by atoms with Crippen LogP contribution >= 0.6 is 0 Å². The maximum atomic E-state index is 11.7. The first-order chi connectivity index (χ1) is 9.08. The molecule has 1 amide bonds. The molecule has 0 spiro atoms. The highest BCUT2D eigenvalue weighted by Crippen LogP contribution is 2.08. The van der Waals surface area contributed by atoms with Gasteiger partial charge in [-0.05, 0) is 11.1 Å². The second-order valence-corrected chi connectivity index (χ2v) is 3.99. The van der Waals surface area contributed by atoms with Crippen LogP contribution < -0.4 is 11.1 Å². The number of nitrogens with two attached hydrogens (primary N) is 1. The SMILES string of the molecule is COC(=O)C(O)CNC(=O)Cc1ccccc1CN. The monoisotopic (exact) mass is 266 g/mol. The summed E-state index contributed by atoms with van der Waals surface area (Å²) in [4.78, 5) is 22.6. The van der Waals surface area contributed by atoms with E-state index in [9.17, 15) is 14.7 Å². The lowest BCUT2D eigenvalue weighted by Gasteiger charge is -2.11. The minimum absolute atomic E-state index is 0.154. The van der Waals surface area contributed by atoms with E-state index >= 15 is 0 Å². The third-order valence-electron chi connectivity index (χ3n) is 2.66. The van der Waals surface area contributed by atoms with E-state index in [1.165, 1.54) is 7.11 Å². The first kappa shape index (κ1) is 15.1. The molecule has 0 saturated carbocycles. The Morgan fingerprint density at radius 1 is 1.37 bits per heavy atom. The number of aliphatic hydroxyl groups is 1. The van der Waals surface area contributed by atoms with E-state index < -0.39 is 12.1 Å². The Morgan fingerprint density at radius 3 is 2.58 bits per heavy atom. The van der Waals surface area contributed by atoms with E-state index in [0.29, 0.717) is 6.54 Å². The molecule has 0 bridgehead atoms. The van der Waals surface area contributed by atoms with Gasteiger partial charge in [-0.2, -0.15) is 0 Å². The lowest BCUT2D eigenvalue weighted by Crippen LogP contribution is -2.38. The fourth-order valence-electron chi connectivity index (χ4n) is 1.59. The number of nitrogens with one attached hydrogen (secondary N) is 1. The lowest BCUT2D eigenvalue weighted by molar-refractivity contribution is -0.150. The molecular formula is C13H18N2O4. The number of carbonyl (C=O) groups is 2. The molecule has 0 radical (unpaired) electrons. The highest BCUT2D eigenvalue weighted by Gasteiger charge is 2.16. The summed E-state index contributed by atoms with van der Waals surface area (Å²) < 4.78 is 4.34. The van der Waals surface area contributed by atoms with Gasteiger partial charge in [0.05, 0.1) is 20.1 Å². The highest BCUT2D eigenvalue weighted by molar-refractivity contribution is 5.80. The topological polar surface area (TPSA) is 102 Å². The van der Waals surface area contributed by atoms with E-state index in [2.05, 4.69) is 10.1 Å². The van der Waals surface area contributed by atoms with E-state index in [0.717, 1.165) is 11.1 Å². The second-order valence-electron chi connectivity index (χ2n) is 3.99. The number of benzene rings is 1. The number of ether oxygens (including phenoxy) is 1. The number of esters is 1. The number of carbonyl (C=O) groups excluding carboxylic acids is 2. The average molecular weight is 266 g/mol. The van der Waals surface area contributed by atoms with Crippen LogP contribution in [0.1, 0.15) is 11.1 Å². The third kappa shape index (κ3) is 4.69. The maximum Gasteiger partial charge on any atom is 0.336 e. The van der Waals surface area contributed by atoms with Crippen molar-refractivity contribution in [2.45, 2.75) is 19.1 Å². The first-order valence-electron chi connectivity index (χ1n) is 5.88. The first-order valence-corrected chi connectivity index (χ1v) is 5.88. The zero-order chi connectivity index (χ0) is 14.3. The summed E-state index contributed by atoms with van der Waals surface area (Å²) in [5.74, 6) is -1.06. The van der Waals surface area contributed by atoms with E-state index in [1.54, 1.807) is 0 Å². The number of methoxy groups -OCH3 is 1. The van der Waals surface area contributed by atoms with Gasteiger partial charge in [-0.1, -0.05) is 24.3 Å². The molecule has 0 fully saturated rings. The summed E-state index contributed by atoms with van der Waals surface area (Å²) in [6.07, 6.45) is -1.19. The van der Waals surface area contributed by atoms with Crippen molar-refractivity contribution < 1.29 is 19.4 Å². The van der Waals surface area contributed by atoms with Crippen LogP contribution in [-0.4, -0.2) is 36.7 Å². The van der Waals surface area contributed by atoms with Crippen molar-refractivity contribution in [1.82, 2.24) is 5.32 Å². The molecule has 0 saturated heterocycles. The Labute approximate surface area is 111 Å². The predicted molar refractivity (Wildman–Crippen MR) is 69.1 cm³/mol. The van der Waals surface area contributed by atoms with Crippen LogP contribution in [0.15, 0.2) is 24.3 Å². The minimum Gasteiger partial charge on any atom is -0.467 e. The fourth-order valence-corrected chi connectivity index (χ4v) is 1.59. The molecule has 1 atom stereocenters. The number of hydrogen-bond donors (Lipinski definition) is 3. The Hall–Kier alpha value is -1.92. The number of aliphatic hydroxyl groups excluding tert-OH is 1. The van der Waals surface area contributed by atoms with Gasteiger partial charge < -0.3 is 20.9 Å². The summed E-state index contributed by atoms with van der Waals surface area (Å²) >= 11 is 0. The third-order valence-corrected chi connectivity index (χ3v) is 2.66. The number of amides is 1. The molecule has 19 heavy (non-hydrogen) atoms. The molecule has 1 rings (SSSR count). The van der Waals surface area contributed by atoms with Crippen LogP contribution in [0, 0.1) is 0 Å². The quantitative estimate of drug-likeness (QED) is 0.593. The highest BCUT2D eigenvalue weighted by atomic mass is 16.5. The average Bonchev–Trinajstić information content (AvgIpc) is 2.44. The van der Waals surface area contributed by atoms with Crippen LogP contribution in [0.25, 0.3) is 0 Å². The molecule has 6 nitrogen and oxygen atoms in total. The van der Waals surface area contributed by atoms with Gasteiger partial charge in [0.15, 0.2) is 6.10 Å². The largest absolute Gasteiger partial charge is 0.467 e. The van der Waals surface area contributed by atoms with Crippen molar-refractivity contribution in [3.05, 3.63) is 35.4 Å². The fraction of sp³-hybridized carbons (Fsp3) is 0.385. The van der Waals surface area contributed by atoms with Crippen LogP contribution in [-0.2, 0) is 27.3 Å². The van der Waals surface area contributed by atoms with Crippen molar-refractivity contribution in [2.75, 3.05) is 13.7 Å². The molecule has 104 valence electrons. The van der Waals surface area contributed by atoms with Gasteiger partial charge in [-0.25, -0.2) is 4.79 Å². The van der Waals surface area contributed by atoms with Crippen molar-refractivity contribution in [1.29, 1.82) is 0 Å². The van der Waals surface area contributed by atoms with Crippen LogP contribution in [0.3, 0.4) is 0 Å². The Kier molecular flexibility index (Phi) is 5.98. The van der Waals surface area contributed by atoms with Gasteiger partial charge in [-0.3, -0.25) is 4.79 Å². The molecular weight excluding hydrogens is 248 g/mol. The maximum absolute atomic E-state index is 11.7.